The second kappa shape index (κ2) is 5.85. The van der Waals surface area contributed by atoms with Gasteiger partial charge >= 0.3 is 0 Å². The molecule has 0 aliphatic carbocycles. The number of thiophene rings is 1. The molecule has 0 spiro atoms. The Labute approximate surface area is 111 Å². The number of aryl methyl sites for hydroxylation is 1. The van der Waals surface area contributed by atoms with E-state index in [0.29, 0.717) is 0 Å². The molecule has 2 heterocycles. The average Bonchev–Trinajstić information content (AvgIpc) is 2.70. The molecule has 94 valence electrons. The molecule has 1 amide bonds. The molecule has 0 aromatic carbocycles. The summed E-state index contributed by atoms with van der Waals surface area (Å²) >= 11 is 7.53. The first kappa shape index (κ1) is 12.9. The number of nitrogens with one attached hydrogen (secondary N) is 1. The molecular formula is C12H17ClN2OS. The van der Waals surface area contributed by atoms with Crippen molar-refractivity contribution in [3.8, 4) is 0 Å². The van der Waals surface area contributed by atoms with Crippen LogP contribution in [0.15, 0.2) is 12.1 Å². The molecule has 1 N–H and O–H groups in total. The van der Waals surface area contributed by atoms with Gasteiger partial charge in [0, 0.05) is 18.0 Å². The van der Waals surface area contributed by atoms with Crippen LogP contribution in [0.25, 0.3) is 0 Å². The van der Waals surface area contributed by atoms with E-state index in [9.17, 15) is 4.79 Å². The second-order valence-corrected chi connectivity index (χ2v) is 6.11. The molecule has 0 unspecified atom stereocenters. The van der Waals surface area contributed by atoms with Gasteiger partial charge in [0.15, 0.2) is 0 Å². The lowest BCUT2D eigenvalue weighted by Gasteiger charge is -2.32. The van der Waals surface area contributed by atoms with E-state index in [0.717, 1.165) is 36.8 Å². The lowest BCUT2D eigenvalue weighted by molar-refractivity contribution is -0.128. The summed E-state index contributed by atoms with van der Waals surface area (Å²) in [7, 11) is 0. The molecule has 1 aliphatic heterocycles. The van der Waals surface area contributed by atoms with Gasteiger partial charge in [-0.15, -0.1) is 11.3 Å². The van der Waals surface area contributed by atoms with Crippen LogP contribution >= 0.6 is 22.9 Å². The molecule has 0 saturated carbocycles. The molecule has 3 nitrogen and oxygen atoms in total. The Morgan fingerprint density at radius 2 is 2.41 bits per heavy atom. The van der Waals surface area contributed by atoms with Crippen molar-refractivity contribution in [1.29, 1.82) is 0 Å². The monoisotopic (exact) mass is 272 g/mol. The third-order valence-electron chi connectivity index (χ3n) is 3.12. The highest BCUT2D eigenvalue weighted by Gasteiger charge is 2.24. The van der Waals surface area contributed by atoms with Gasteiger partial charge in [-0.3, -0.25) is 9.69 Å². The number of halogens is 1. The van der Waals surface area contributed by atoms with Crippen molar-refractivity contribution >= 4 is 28.8 Å². The van der Waals surface area contributed by atoms with Crippen molar-refractivity contribution < 1.29 is 4.79 Å². The summed E-state index contributed by atoms with van der Waals surface area (Å²) in [5.41, 5.74) is 0. The number of amides is 1. The number of carbonyl (C=O) groups is 1. The van der Waals surface area contributed by atoms with Crippen molar-refractivity contribution in [3.63, 3.8) is 0 Å². The van der Waals surface area contributed by atoms with Gasteiger partial charge in [0.05, 0.1) is 10.4 Å². The molecule has 1 saturated heterocycles. The molecule has 1 aromatic rings. The zero-order valence-corrected chi connectivity index (χ0v) is 11.5. The molecule has 17 heavy (non-hydrogen) atoms. The van der Waals surface area contributed by atoms with Gasteiger partial charge in [-0.1, -0.05) is 11.6 Å². The molecule has 1 atom stereocenters. The second-order valence-electron chi connectivity index (χ2n) is 4.31. The minimum atomic E-state index is 0.00988. The quantitative estimate of drug-likeness (QED) is 0.911. The summed E-state index contributed by atoms with van der Waals surface area (Å²) in [6, 6.07) is 4.04. The van der Waals surface area contributed by atoms with E-state index < -0.39 is 0 Å². The fourth-order valence-electron chi connectivity index (χ4n) is 2.08. The standard InChI is InChI=1S/C12H17ClN2OS/c1-9-12(16)14-6-8-15(9)7-2-3-10-4-5-11(13)17-10/h4-5,9H,2-3,6-8H2,1H3,(H,14,16)/t9-/m0/s1. The largest absolute Gasteiger partial charge is 0.353 e. The van der Waals surface area contributed by atoms with Gasteiger partial charge in [0.25, 0.3) is 0 Å². The topological polar surface area (TPSA) is 32.3 Å². The maximum absolute atomic E-state index is 11.5. The highest BCUT2D eigenvalue weighted by atomic mass is 35.5. The number of piperazine rings is 1. The van der Waals surface area contributed by atoms with Crippen LogP contribution in [0, 0.1) is 0 Å². The number of carbonyl (C=O) groups excluding carboxylic acids is 1. The predicted octanol–water partition coefficient (Wildman–Crippen LogP) is 2.15. The number of nitrogens with zero attached hydrogens (tertiary/aromatic N) is 1. The van der Waals surface area contributed by atoms with Crippen LogP contribution in [0.2, 0.25) is 4.34 Å². The minimum Gasteiger partial charge on any atom is -0.353 e. The summed E-state index contributed by atoms with van der Waals surface area (Å²) < 4.78 is 0.853. The molecule has 0 bridgehead atoms. The molecule has 2 rings (SSSR count). The molecular weight excluding hydrogens is 256 g/mol. The van der Waals surface area contributed by atoms with Crippen LogP contribution in [0.4, 0.5) is 0 Å². The van der Waals surface area contributed by atoms with Crippen LogP contribution in [-0.2, 0) is 11.2 Å². The zero-order valence-electron chi connectivity index (χ0n) is 9.91. The van der Waals surface area contributed by atoms with Gasteiger partial charge in [-0.2, -0.15) is 0 Å². The Morgan fingerprint density at radius 1 is 1.59 bits per heavy atom. The third kappa shape index (κ3) is 3.44. The van der Waals surface area contributed by atoms with Gasteiger partial charge in [0.1, 0.15) is 0 Å². The van der Waals surface area contributed by atoms with Crippen LogP contribution in [0.5, 0.6) is 0 Å². The maximum atomic E-state index is 11.5. The first-order chi connectivity index (χ1) is 8.16. The van der Waals surface area contributed by atoms with Gasteiger partial charge in [-0.25, -0.2) is 0 Å². The van der Waals surface area contributed by atoms with Crippen molar-refractivity contribution in [3.05, 3.63) is 21.3 Å². The first-order valence-electron chi connectivity index (χ1n) is 5.93. The minimum absolute atomic E-state index is 0.00988. The van der Waals surface area contributed by atoms with E-state index in [1.807, 2.05) is 13.0 Å². The highest BCUT2D eigenvalue weighted by molar-refractivity contribution is 7.16. The van der Waals surface area contributed by atoms with Crippen molar-refractivity contribution in [2.24, 2.45) is 0 Å². The number of hydrogen-bond acceptors (Lipinski definition) is 3. The highest BCUT2D eigenvalue weighted by Crippen LogP contribution is 2.22. The molecule has 1 aliphatic rings. The van der Waals surface area contributed by atoms with Crippen LogP contribution in [0.1, 0.15) is 18.2 Å². The lowest BCUT2D eigenvalue weighted by Crippen LogP contribution is -2.53. The van der Waals surface area contributed by atoms with Crippen LogP contribution in [0.3, 0.4) is 0 Å². The maximum Gasteiger partial charge on any atom is 0.237 e. The van der Waals surface area contributed by atoms with Crippen LogP contribution < -0.4 is 5.32 Å². The summed E-state index contributed by atoms with van der Waals surface area (Å²) in [5, 5.41) is 2.88. The molecule has 0 radical (unpaired) electrons. The predicted molar refractivity (Wildman–Crippen MR) is 71.7 cm³/mol. The molecule has 5 heteroatoms. The van der Waals surface area contributed by atoms with E-state index in [-0.39, 0.29) is 11.9 Å². The van der Waals surface area contributed by atoms with Gasteiger partial charge < -0.3 is 5.32 Å². The van der Waals surface area contributed by atoms with Gasteiger partial charge in [-0.05, 0) is 38.4 Å². The summed E-state index contributed by atoms with van der Waals surface area (Å²) in [5.74, 6) is 0.149. The Balaban J connectivity index is 1.76. The van der Waals surface area contributed by atoms with E-state index >= 15 is 0 Å². The lowest BCUT2D eigenvalue weighted by atomic mass is 10.1. The van der Waals surface area contributed by atoms with E-state index in [1.165, 1.54) is 4.88 Å². The Kier molecular flexibility index (Phi) is 4.42. The van der Waals surface area contributed by atoms with E-state index in [4.69, 9.17) is 11.6 Å². The van der Waals surface area contributed by atoms with Crippen LogP contribution in [-0.4, -0.2) is 36.5 Å². The third-order valence-corrected chi connectivity index (χ3v) is 4.41. The Morgan fingerprint density at radius 3 is 3.12 bits per heavy atom. The van der Waals surface area contributed by atoms with Crippen molar-refractivity contribution in [2.75, 3.05) is 19.6 Å². The fraction of sp³-hybridized carbons (Fsp3) is 0.583. The normalized spacial score (nSPS) is 21.5. The Bertz CT molecular complexity index is 394. The zero-order chi connectivity index (χ0) is 12.3. The summed E-state index contributed by atoms with van der Waals surface area (Å²) in [6.07, 6.45) is 2.12. The SMILES string of the molecule is C[C@H]1C(=O)NCCN1CCCc1ccc(Cl)s1. The molecule has 1 aromatic heterocycles. The van der Waals surface area contributed by atoms with Gasteiger partial charge in [0.2, 0.25) is 5.91 Å². The Hall–Kier alpha value is -0.580. The van der Waals surface area contributed by atoms with E-state index in [1.54, 1.807) is 11.3 Å². The van der Waals surface area contributed by atoms with Crippen molar-refractivity contribution in [2.45, 2.75) is 25.8 Å². The summed E-state index contributed by atoms with van der Waals surface area (Å²) in [6.45, 7) is 4.67. The van der Waals surface area contributed by atoms with E-state index in [2.05, 4.69) is 16.3 Å². The molecule has 1 fully saturated rings. The number of rotatable bonds is 4. The summed E-state index contributed by atoms with van der Waals surface area (Å²) in [4.78, 5) is 15.0. The average molecular weight is 273 g/mol. The number of hydrogen-bond donors (Lipinski definition) is 1. The fourth-order valence-corrected chi connectivity index (χ4v) is 3.21. The first-order valence-corrected chi connectivity index (χ1v) is 7.12. The smallest absolute Gasteiger partial charge is 0.237 e. The van der Waals surface area contributed by atoms with Crippen molar-refractivity contribution in [1.82, 2.24) is 10.2 Å².